The van der Waals surface area contributed by atoms with E-state index in [1.807, 2.05) is 7.05 Å². The Labute approximate surface area is 88.7 Å². The molecule has 0 radical (unpaired) electrons. The van der Waals surface area contributed by atoms with Crippen LogP contribution in [-0.4, -0.2) is 19.4 Å². The second-order valence-corrected chi connectivity index (χ2v) is 4.19. The molecule has 0 aromatic heterocycles. The van der Waals surface area contributed by atoms with Crippen LogP contribution in [0.1, 0.15) is 24.8 Å². The van der Waals surface area contributed by atoms with Crippen molar-refractivity contribution in [1.29, 1.82) is 0 Å². The normalized spacial score (nSPS) is 19.1. The van der Waals surface area contributed by atoms with E-state index in [9.17, 15) is 9.18 Å². The molecule has 0 bridgehead atoms. The lowest BCUT2D eigenvalue weighted by molar-refractivity contribution is -0.117. The molecule has 0 saturated heterocycles. The van der Waals surface area contributed by atoms with Crippen molar-refractivity contribution in [2.24, 2.45) is 0 Å². The molecule has 1 aliphatic rings. The largest absolute Gasteiger partial charge is 0.374 e. The first-order valence-electron chi connectivity index (χ1n) is 5.08. The molecular weight excluding hydrogens is 193 g/mol. The number of halogens is 1. The molecular formula is C12H14FNO. The Morgan fingerprint density at radius 2 is 2.33 bits per heavy atom. The first-order chi connectivity index (χ1) is 7.08. The summed E-state index contributed by atoms with van der Waals surface area (Å²) in [4.78, 5) is 13.2. The van der Waals surface area contributed by atoms with E-state index in [0.717, 1.165) is 17.8 Å². The summed E-state index contributed by atoms with van der Waals surface area (Å²) in [6.07, 6.45) is 0.501. The molecule has 1 unspecified atom stereocenters. The number of anilines is 1. The topological polar surface area (TPSA) is 20.3 Å². The maximum absolute atomic E-state index is 13.1. The zero-order valence-electron chi connectivity index (χ0n) is 8.96. The molecule has 0 spiro atoms. The summed E-state index contributed by atoms with van der Waals surface area (Å²) in [5.74, 6) is 0.0845. The average molecular weight is 207 g/mol. The molecule has 2 nitrogen and oxygen atoms in total. The Morgan fingerprint density at radius 3 is 3.00 bits per heavy atom. The van der Waals surface area contributed by atoms with Gasteiger partial charge in [0.15, 0.2) is 0 Å². The van der Waals surface area contributed by atoms with Crippen LogP contribution in [0.25, 0.3) is 0 Å². The summed E-state index contributed by atoms with van der Waals surface area (Å²) in [7, 11) is 1.97. The van der Waals surface area contributed by atoms with E-state index in [1.54, 1.807) is 19.1 Å². The molecule has 0 saturated carbocycles. The van der Waals surface area contributed by atoms with E-state index in [0.29, 0.717) is 6.42 Å². The standard InChI is InChI=1S/C12H14FNO/c1-8(15)5-9-7-14(2)12-4-3-10(13)6-11(9)12/h3-4,6,9H,5,7H2,1-2H3. The van der Waals surface area contributed by atoms with E-state index in [1.165, 1.54) is 6.07 Å². The highest BCUT2D eigenvalue weighted by molar-refractivity contribution is 5.77. The zero-order chi connectivity index (χ0) is 11.0. The fourth-order valence-electron chi connectivity index (χ4n) is 2.25. The average Bonchev–Trinajstić information content (AvgIpc) is 2.42. The Balaban J connectivity index is 2.35. The minimum absolute atomic E-state index is 0.151. The summed E-state index contributed by atoms with van der Waals surface area (Å²) in [6, 6.07) is 4.79. The van der Waals surface area contributed by atoms with Gasteiger partial charge in [-0.25, -0.2) is 4.39 Å². The van der Waals surface area contributed by atoms with Gasteiger partial charge in [-0.2, -0.15) is 0 Å². The minimum Gasteiger partial charge on any atom is -0.374 e. The van der Waals surface area contributed by atoms with Crippen molar-refractivity contribution in [1.82, 2.24) is 0 Å². The molecule has 2 rings (SSSR count). The fraction of sp³-hybridized carbons (Fsp3) is 0.417. The van der Waals surface area contributed by atoms with Crippen LogP contribution in [0.4, 0.5) is 10.1 Å². The first-order valence-corrected chi connectivity index (χ1v) is 5.08. The van der Waals surface area contributed by atoms with Crippen molar-refractivity contribution < 1.29 is 9.18 Å². The quantitative estimate of drug-likeness (QED) is 0.741. The van der Waals surface area contributed by atoms with Crippen molar-refractivity contribution in [3.8, 4) is 0 Å². The van der Waals surface area contributed by atoms with Crippen molar-refractivity contribution in [3.05, 3.63) is 29.6 Å². The van der Waals surface area contributed by atoms with E-state index in [-0.39, 0.29) is 17.5 Å². The smallest absolute Gasteiger partial charge is 0.130 e. The lowest BCUT2D eigenvalue weighted by Gasteiger charge is -2.11. The minimum atomic E-state index is -0.224. The van der Waals surface area contributed by atoms with E-state index in [4.69, 9.17) is 0 Å². The Bertz CT molecular complexity index is 403. The zero-order valence-corrected chi connectivity index (χ0v) is 8.96. The molecule has 1 heterocycles. The third kappa shape index (κ3) is 1.87. The molecule has 1 atom stereocenters. The van der Waals surface area contributed by atoms with Crippen LogP contribution >= 0.6 is 0 Å². The van der Waals surface area contributed by atoms with Crippen LogP contribution < -0.4 is 4.90 Å². The lowest BCUT2D eigenvalue weighted by Crippen LogP contribution is -2.16. The van der Waals surface area contributed by atoms with Gasteiger partial charge in [0, 0.05) is 31.6 Å². The van der Waals surface area contributed by atoms with Gasteiger partial charge < -0.3 is 9.69 Å². The van der Waals surface area contributed by atoms with Gasteiger partial charge in [0.1, 0.15) is 11.6 Å². The van der Waals surface area contributed by atoms with Crippen molar-refractivity contribution >= 4 is 11.5 Å². The summed E-state index contributed by atoms with van der Waals surface area (Å²) < 4.78 is 13.1. The van der Waals surface area contributed by atoms with Gasteiger partial charge in [-0.3, -0.25) is 0 Å². The Kier molecular flexibility index (Phi) is 2.47. The Hall–Kier alpha value is -1.38. The van der Waals surface area contributed by atoms with Crippen molar-refractivity contribution in [2.75, 3.05) is 18.5 Å². The van der Waals surface area contributed by atoms with Crippen LogP contribution in [0.15, 0.2) is 18.2 Å². The first kappa shape index (κ1) is 10.1. The van der Waals surface area contributed by atoms with Crippen LogP contribution in [0.2, 0.25) is 0 Å². The summed E-state index contributed by atoms with van der Waals surface area (Å²) >= 11 is 0. The van der Waals surface area contributed by atoms with Crippen molar-refractivity contribution in [3.63, 3.8) is 0 Å². The van der Waals surface area contributed by atoms with Crippen LogP contribution in [0, 0.1) is 5.82 Å². The fourth-order valence-corrected chi connectivity index (χ4v) is 2.25. The number of carbonyl (C=O) groups excluding carboxylic acids is 1. The van der Waals surface area contributed by atoms with Crippen LogP contribution in [0.5, 0.6) is 0 Å². The highest BCUT2D eigenvalue weighted by atomic mass is 19.1. The van der Waals surface area contributed by atoms with Gasteiger partial charge in [-0.15, -0.1) is 0 Å². The molecule has 15 heavy (non-hydrogen) atoms. The Morgan fingerprint density at radius 1 is 1.60 bits per heavy atom. The number of rotatable bonds is 2. The molecule has 0 aliphatic carbocycles. The summed E-state index contributed by atoms with van der Waals surface area (Å²) in [6.45, 7) is 2.38. The summed E-state index contributed by atoms with van der Waals surface area (Å²) in [5.41, 5.74) is 2.01. The number of likely N-dealkylation sites (N-methyl/N-ethyl adjacent to an activating group) is 1. The van der Waals surface area contributed by atoms with Gasteiger partial charge >= 0.3 is 0 Å². The third-order valence-electron chi connectivity index (χ3n) is 2.87. The monoisotopic (exact) mass is 207 g/mol. The molecule has 0 N–H and O–H groups in total. The number of carbonyl (C=O) groups is 1. The second-order valence-electron chi connectivity index (χ2n) is 4.19. The van der Waals surface area contributed by atoms with Crippen LogP contribution in [0.3, 0.4) is 0 Å². The second kappa shape index (κ2) is 3.65. The van der Waals surface area contributed by atoms with Crippen LogP contribution in [-0.2, 0) is 4.79 Å². The predicted octanol–water partition coefficient (Wildman–Crippen LogP) is 2.34. The maximum Gasteiger partial charge on any atom is 0.130 e. The molecule has 1 aromatic carbocycles. The highest BCUT2D eigenvalue weighted by Gasteiger charge is 2.27. The van der Waals surface area contributed by atoms with E-state index >= 15 is 0 Å². The molecule has 3 heteroatoms. The third-order valence-corrected chi connectivity index (χ3v) is 2.87. The molecule has 1 aliphatic heterocycles. The summed E-state index contributed by atoms with van der Waals surface area (Å²) in [5, 5.41) is 0. The van der Waals surface area contributed by atoms with Crippen molar-refractivity contribution in [2.45, 2.75) is 19.3 Å². The molecule has 80 valence electrons. The highest BCUT2D eigenvalue weighted by Crippen LogP contribution is 2.37. The lowest BCUT2D eigenvalue weighted by atomic mass is 9.96. The number of benzene rings is 1. The number of hydrogen-bond donors (Lipinski definition) is 0. The molecule has 0 amide bonds. The predicted molar refractivity (Wildman–Crippen MR) is 57.7 cm³/mol. The number of hydrogen-bond acceptors (Lipinski definition) is 2. The number of nitrogens with zero attached hydrogens (tertiary/aromatic N) is 1. The van der Waals surface area contributed by atoms with E-state index in [2.05, 4.69) is 4.90 Å². The molecule has 1 aromatic rings. The van der Waals surface area contributed by atoms with Gasteiger partial charge in [0.2, 0.25) is 0 Å². The van der Waals surface area contributed by atoms with Gasteiger partial charge in [-0.1, -0.05) is 0 Å². The SMILES string of the molecule is CC(=O)CC1CN(C)c2ccc(F)cc21. The molecule has 0 fully saturated rings. The number of Topliss-reactive ketones (excluding diaryl/α,β-unsaturated/α-hetero) is 1. The van der Waals surface area contributed by atoms with Gasteiger partial charge in [0.25, 0.3) is 0 Å². The number of fused-ring (bicyclic) bond motifs is 1. The maximum atomic E-state index is 13.1. The number of ketones is 1. The van der Waals surface area contributed by atoms with E-state index < -0.39 is 0 Å². The van der Waals surface area contributed by atoms with Gasteiger partial charge in [0.05, 0.1) is 0 Å². The van der Waals surface area contributed by atoms with Gasteiger partial charge in [-0.05, 0) is 30.7 Å².